The molecule has 0 heterocycles. The van der Waals surface area contributed by atoms with Crippen molar-refractivity contribution < 1.29 is 19.1 Å². The van der Waals surface area contributed by atoms with Crippen LogP contribution < -0.4 is 0 Å². The van der Waals surface area contributed by atoms with E-state index in [0.717, 1.165) is 25.7 Å². The molecule has 150 valence electrons. The molecule has 1 unspecified atom stereocenters. The van der Waals surface area contributed by atoms with Crippen LogP contribution in [-0.2, 0) is 9.47 Å². The molecular weight excluding hydrogens is 352 g/mol. The average molecular weight is 383 g/mol. The minimum Gasteiger partial charge on any atom is -0.422 e. The molecule has 0 N–H and O–H groups in total. The van der Waals surface area contributed by atoms with Crippen LogP contribution in [0, 0.1) is 5.92 Å². The third-order valence-electron chi connectivity index (χ3n) is 4.85. The summed E-state index contributed by atoms with van der Waals surface area (Å²) in [6, 6.07) is 17.5. The predicted octanol–water partition coefficient (Wildman–Crippen LogP) is 6.02. The van der Waals surface area contributed by atoms with E-state index in [4.69, 9.17) is 9.47 Å². The van der Waals surface area contributed by atoms with Crippen LogP contribution in [0.3, 0.4) is 0 Å². The number of unbranched alkanes of at least 4 members (excludes halogenated alkanes) is 1. The molecule has 28 heavy (non-hydrogen) atoms. The summed E-state index contributed by atoms with van der Waals surface area (Å²) in [4.78, 5) is 24.9. The number of rotatable bonds is 11. The fourth-order valence-corrected chi connectivity index (χ4v) is 3.08. The van der Waals surface area contributed by atoms with Crippen molar-refractivity contribution >= 4 is 11.9 Å². The van der Waals surface area contributed by atoms with Crippen molar-refractivity contribution in [3.63, 3.8) is 0 Å². The lowest BCUT2D eigenvalue weighted by Gasteiger charge is -2.21. The summed E-state index contributed by atoms with van der Waals surface area (Å²) in [5.74, 6) is -0.422. The number of benzene rings is 2. The van der Waals surface area contributed by atoms with Crippen molar-refractivity contribution in [2.75, 3.05) is 0 Å². The van der Waals surface area contributed by atoms with Gasteiger partial charge in [0.2, 0.25) is 6.29 Å². The Kier molecular flexibility index (Phi) is 9.26. The first kappa shape index (κ1) is 21.7. The molecule has 0 aliphatic heterocycles. The maximum Gasteiger partial charge on any atom is 0.341 e. The third-order valence-corrected chi connectivity index (χ3v) is 4.85. The molecule has 0 radical (unpaired) electrons. The standard InChI is InChI=1S/C24H30O4/c1-3-5-12-19(4-2)17-18-22(27-23(25)20-13-8-6-9-14-20)28-24(26)21-15-10-7-11-16-21/h6-11,13-16,19,22H,3-5,12,17-18H2,1-2H3. The normalized spacial score (nSPS) is 11.8. The highest BCUT2D eigenvalue weighted by Crippen LogP contribution is 2.22. The van der Waals surface area contributed by atoms with Crippen molar-refractivity contribution in [3.8, 4) is 0 Å². The van der Waals surface area contributed by atoms with Gasteiger partial charge in [0.25, 0.3) is 0 Å². The van der Waals surface area contributed by atoms with Crippen molar-refractivity contribution in [2.24, 2.45) is 5.92 Å². The first-order valence-electron chi connectivity index (χ1n) is 10.2. The van der Waals surface area contributed by atoms with E-state index in [0.29, 0.717) is 23.5 Å². The van der Waals surface area contributed by atoms with E-state index in [-0.39, 0.29) is 0 Å². The van der Waals surface area contributed by atoms with E-state index < -0.39 is 18.2 Å². The first-order chi connectivity index (χ1) is 13.6. The van der Waals surface area contributed by atoms with Gasteiger partial charge in [-0.2, -0.15) is 0 Å². The van der Waals surface area contributed by atoms with Gasteiger partial charge in [-0.3, -0.25) is 0 Å². The van der Waals surface area contributed by atoms with Crippen LogP contribution in [-0.4, -0.2) is 18.2 Å². The number of hydrogen-bond donors (Lipinski definition) is 0. The fraction of sp³-hybridized carbons (Fsp3) is 0.417. The second-order valence-electron chi connectivity index (χ2n) is 6.97. The fourth-order valence-electron chi connectivity index (χ4n) is 3.08. The van der Waals surface area contributed by atoms with Gasteiger partial charge in [0.05, 0.1) is 11.1 Å². The summed E-state index contributed by atoms with van der Waals surface area (Å²) in [5.41, 5.74) is 0.891. The lowest BCUT2D eigenvalue weighted by atomic mass is 9.94. The molecule has 4 heteroatoms. The Morgan fingerprint density at radius 2 is 1.25 bits per heavy atom. The summed E-state index contributed by atoms with van der Waals surface area (Å²) in [6.07, 6.45) is 4.99. The molecule has 0 aromatic heterocycles. The van der Waals surface area contributed by atoms with Gasteiger partial charge in [-0.1, -0.05) is 75.9 Å². The zero-order valence-electron chi connectivity index (χ0n) is 16.8. The Morgan fingerprint density at radius 1 is 0.750 bits per heavy atom. The van der Waals surface area contributed by atoms with Gasteiger partial charge in [-0.25, -0.2) is 9.59 Å². The molecule has 0 fully saturated rings. The van der Waals surface area contributed by atoms with Gasteiger partial charge in [-0.05, 0) is 36.6 Å². The summed E-state index contributed by atoms with van der Waals surface area (Å²) < 4.78 is 11.1. The average Bonchev–Trinajstić information content (AvgIpc) is 2.74. The molecule has 0 amide bonds. The Balaban J connectivity index is 2.03. The minimum atomic E-state index is -0.893. The maximum absolute atomic E-state index is 12.4. The second-order valence-corrected chi connectivity index (χ2v) is 6.97. The highest BCUT2D eigenvalue weighted by atomic mass is 16.7. The van der Waals surface area contributed by atoms with E-state index in [2.05, 4.69) is 13.8 Å². The van der Waals surface area contributed by atoms with Gasteiger partial charge in [0.1, 0.15) is 0 Å². The molecule has 4 nitrogen and oxygen atoms in total. The van der Waals surface area contributed by atoms with Gasteiger partial charge in [0, 0.05) is 6.42 Å². The SMILES string of the molecule is CCCCC(CC)CCC(OC(=O)c1ccccc1)OC(=O)c1ccccc1. The summed E-state index contributed by atoms with van der Waals surface area (Å²) in [7, 11) is 0. The van der Waals surface area contributed by atoms with Crippen molar-refractivity contribution in [1.29, 1.82) is 0 Å². The molecule has 0 aliphatic carbocycles. The molecule has 0 saturated heterocycles. The van der Waals surface area contributed by atoms with Gasteiger partial charge < -0.3 is 9.47 Å². The van der Waals surface area contributed by atoms with Crippen LogP contribution in [0.1, 0.15) is 73.1 Å². The zero-order valence-corrected chi connectivity index (χ0v) is 16.8. The highest BCUT2D eigenvalue weighted by Gasteiger charge is 2.22. The maximum atomic E-state index is 12.4. The Hall–Kier alpha value is -2.62. The van der Waals surface area contributed by atoms with Gasteiger partial charge in [-0.15, -0.1) is 0 Å². The van der Waals surface area contributed by atoms with Crippen LogP contribution in [0.5, 0.6) is 0 Å². The first-order valence-corrected chi connectivity index (χ1v) is 10.2. The van der Waals surface area contributed by atoms with E-state index in [9.17, 15) is 9.59 Å². The number of carbonyl (C=O) groups is 2. The van der Waals surface area contributed by atoms with Crippen LogP contribution in [0.4, 0.5) is 0 Å². The van der Waals surface area contributed by atoms with Gasteiger partial charge in [0.15, 0.2) is 0 Å². The molecule has 2 rings (SSSR count). The Morgan fingerprint density at radius 3 is 1.68 bits per heavy atom. The predicted molar refractivity (Wildman–Crippen MR) is 110 cm³/mol. The van der Waals surface area contributed by atoms with Crippen LogP contribution >= 0.6 is 0 Å². The van der Waals surface area contributed by atoms with E-state index in [1.807, 2.05) is 12.1 Å². The third kappa shape index (κ3) is 7.18. The number of carbonyl (C=O) groups excluding carboxylic acids is 2. The number of hydrogen-bond acceptors (Lipinski definition) is 4. The van der Waals surface area contributed by atoms with Crippen molar-refractivity contribution in [3.05, 3.63) is 71.8 Å². The van der Waals surface area contributed by atoms with E-state index >= 15 is 0 Å². The topological polar surface area (TPSA) is 52.6 Å². The monoisotopic (exact) mass is 382 g/mol. The molecular formula is C24H30O4. The molecule has 1 atom stereocenters. The lowest BCUT2D eigenvalue weighted by Crippen LogP contribution is -2.25. The molecule has 0 spiro atoms. The molecule has 0 bridgehead atoms. The highest BCUT2D eigenvalue weighted by molar-refractivity contribution is 5.90. The smallest absolute Gasteiger partial charge is 0.341 e. The van der Waals surface area contributed by atoms with Crippen molar-refractivity contribution in [2.45, 2.75) is 58.7 Å². The summed E-state index contributed by atoms with van der Waals surface area (Å²) >= 11 is 0. The summed E-state index contributed by atoms with van der Waals surface area (Å²) in [6.45, 7) is 4.35. The summed E-state index contributed by atoms with van der Waals surface area (Å²) in [5, 5.41) is 0. The zero-order chi connectivity index (χ0) is 20.2. The van der Waals surface area contributed by atoms with E-state index in [1.54, 1.807) is 48.5 Å². The van der Waals surface area contributed by atoms with Crippen LogP contribution in [0.15, 0.2) is 60.7 Å². The number of esters is 2. The Bertz CT molecular complexity index is 658. The largest absolute Gasteiger partial charge is 0.422 e. The second kappa shape index (κ2) is 12.0. The quantitative estimate of drug-likeness (QED) is 0.352. The molecule has 0 aliphatic rings. The van der Waals surface area contributed by atoms with Crippen LogP contribution in [0.2, 0.25) is 0 Å². The van der Waals surface area contributed by atoms with E-state index in [1.165, 1.54) is 6.42 Å². The lowest BCUT2D eigenvalue weighted by molar-refractivity contribution is -0.0852. The van der Waals surface area contributed by atoms with Gasteiger partial charge >= 0.3 is 11.9 Å². The van der Waals surface area contributed by atoms with Crippen LogP contribution in [0.25, 0.3) is 0 Å². The molecule has 0 saturated carbocycles. The molecule has 2 aromatic carbocycles. The minimum absolute atomic E-state index is 0.446. The Labute approximate surface area is 167 Å². The molecule has 2 aromatic rings. The van der Waals surface area contributed by atoms with Crippen molar-refractivity contribution in [1.82, 2.24) is 0 Å². The number of ether oxygens (including phenoxy) is 2.